The van der Waals surface area contributed by atoms with Crippen LogP contribution in [0.25, 0.3) is 0 Å². The van der Waals surface area contributed by atoms with Crippen LogP contribution in [0.5, 0.6) is 0 Å². The predicted molar refractivity (Wildman–Crippen MR) is 43.4 cm³/mol. The molecule has 12 heavy (non-hydrogen) atoms. The summed E-state index contributed by atoms with van der Waals surface area (Å²) < 4.78 is 9.76. The maximum atomic E-state index is 8.33. The molecule has 0 bridgehead atoms. The molecule has 0 unspecified atom stereocenters. The minimum absolute atomic E-state index is 0.605. The minimum atomic E-state index is -1.62. The zero-order valence-electron chi connectivity index (χ0n) is 6.89. The van der Waals surface area contributed by atoms with Gasteiger partial charge in [0.15, 0.2) is 0 Å². The lowest BCUT2D eigenvalue weighted by Crippen LogP contribution is -2.10. The molecule has 0 aromatic heterocycles. The highest BCUT2D eigenvalue weighted by Gasteiger charge is 2.12. The molecule has 0 saturated heterocycles. The number of rotatable bonds is 4. The van der Waals surface area contributed by atoms with Crippen molar-refractivity contribution in [3.05, 3.63) is 0 Å². The Kier molecular flexibility index (Phi) is 5.53. The molecule has 0 aromatic rings. The first-order valence-electron chi connectivity index (χ1n) is 3.27. The molecule has 0 aromatic carbocycles. The molecule has 0 aliphatic heterocycles. The van der Waals surface area contributed by atoms with Gasteiger partial charge in [-0.3, -0.25) is 5.50 Å². The topological polar surface area (TPSA) is 92.1 Å². The Morgan fingerprint density at radius 1 is 1.17 bits per heavy atom. The highest BCUT2D eigenvalue weighted by atomic mass is 31.2. The summed E-state index contributed by atoms with van der Waals surface area (Å²) in [5.74, 6) is 0. The first kappa shape index (κ1) is 11.3. The van der Waals surface area contributed by atoms with Crippen LogP contribution >= 0.6 is 8.53 Å². The third kappa shape index (κ3) is 5.01. The van der Waals surface area contributed by atoms with Crippen molar-refractivity contribution in [2.45, 2.75) is 26.1 Å². The summed E-state index contributed by atoms with van der Waals surface area (Å²) in [5.41, 5.74) is 5.34. The van der Waals surface area contributed by atoms with Gasteiger partial charge in [0, 0.05) is 0 Å². The van der Waals surface area contributed by atoms with Crippen molar-refractivity contribution in [1.29, 1.82) is 10.5 Å². The molecule has 0 aliphatic carbocycles. The second-order valence-corrected chi connectivity index (χ2v) is 3.03. The van der Waals surface area contributed by atoms with Crippen LogP contribution in [0.3, 0.4) is 0 Å². The van der Waals surface area contributed by atoms with Crippen molar-refractivity contribution < 1.29 is 9.05 Å². The highest BCUT2D eigenvalue weighted by Crippen LogP contribution is 2.31. The normalized spacial score (nSPS) is 14.8. The molecule has 5 nitrogen and oxygen atoms in total. The molecular weight excluding hydrogens is 177 g/mol. The zero-order chi connectivity index (χ0) is 9.56. The SMILES string of the molecule is C[C@@H](C#N)OP(N)O[C@@H](C)C#N. The lowest BCUT2D eigenvalue weighted by molar-refractivity contribution is 0.209. The van der Waals surface area contributed by atoms with E-state index in [1.54, 1.807) is 13.8 Å². The van der Waals surface area contributed by atoms with Crippen LogP contribution in [0.15, 0.2) is 0 Å². The van der Waals surface area contributed by atoms with Gasteiger partial charge >= 0.3 is 0 Å². The number of nitrogens with zero attached hydrogens (tertiary/aromatic N) is 2. The molecule has 0 saturated carbocycles. The van der Waals surface area contributed by atoms with Crippen LogP contribution in [-0.2, 0) is 9.05 Å². The first-order valence-corrected chi connectivity index (χ1v) is 4.52. The smallest absolute Gasteiger partial charge is 0.255 e. The van der Waals surface area contributed by atoms with Crippen molar-refractivity contribution >= 4 is 8.53 Å². The van der Waals surface area contributed by atoms with Gasteiger partial charge < -0.3 is 9.05 Å². The molecule has 0 rings (SSSR count). The van der Waals surface area contributed by atoms with Crippen LogP contribution < -0.4 is 5.50 Å². The van der Waals surface area contributed by atoms with E-state index in [4.69, 9.17) is 25.1 Å². The molecule has 0 spiro atoms. The molecule has 2 atom stereocenters. The highest BCUT2D eigenvalue weighted by molar-refractivity contribution is 7.44. The van der Waals surface area contributed by atoms with Crippen LogP contribution in [0, 0.1) is 22.7 Å². The number of hydrogen-bond donors (Lipinski definition) is 1. The first-order chi connectivity index (χ1) is 5.60. The van der Waals surface area contributed by atoms with Gasteiger partial charge in [0.2, 0.25) is 0 Å². The van der Waals surface area contributed by atoms with Gasteiger partial charge in [0.05, 0.1) is 12.1 Å². The Bertz CT molecular complexity index is 188. The van der Waals surface area contributed by atoms with E-state index < -0.39 is 20.7 Å². The van der Waals surface area contributed by atoms with Gasteiger partial charge in [0.25, 0.3) is 8.53 Å². The summed E-state index contributed by atoms with van der Waals surface area (Å²) in [6.07, 6.45) is -1.21. The quantitative estimate of drug-likeness (QED) is 0.663. The van der Waals surface area contributed by atoms with Crippen LogP contribution in [0.2, 0.25) is 0 Å². The van der Waals surface area contributed by atoms with Gasteiger partial charge in [-0.1, -0.05) is 0 Å². The predicted octanol–water partition coefficient (Wildman–Crippen LogP) is 1.03. The van der Waals surface area contributed by atoms with E-state index in [9.17, 15) is 0 Å². The van der Waals surface area contributed by atoms with Crippen molar-refractivity contribution in [2.24, 2.45) is 5.50 Å². The van der Waals surface area contributed by atoms with Gasteiger partial charge in [-0.25, -0.2) is 0 Å². The summed E-state index contributed by atoms with van der Waals surface area (Å²) >= 11 is 0. The Hall–Kier alpha value is -0.710. The molecule has 0 aliphatic rings. The summed E-state index contributed by atoms with van der Waals surface area (Å²) in [6.45, 7) is 3.12. The van der Waals surface area contributed by atoms with Crippen LogP contribution in [0.1, 0.15) is 13.8 Å². The van der Waals surface area contributed by atoms with E-state index in [1.807, 2.05) is 12.1 Å². The maximum absolute atomic E-state index is 8.33. The molecule has 6 heteroatoms. The lowest BCUT2D eigenvalue weighted by atomic mass is 10.5. The van der Waals surface area contributed by atoms with Gasteiger partial charge in [-0.05, 0) is 13.8 Å². The van der Waals surface area contributed by atoms with E-state index in [1.165, 1.54) is 0 Å². The number of nitrogens with two attached hydrogens (primary N) is 1. The molecule has 0 radical (unpaired) electrons. The fourth-order valence-corrected chi connectivity index (χ4v) is 1.15. The largest absolute Gasteiger partial charge is 0.304 e. The maximum Gasteiger partial charge on any atom is 0.255 e. The Balaban J connectivity index is 3.69. The summed E-state index contributed by atoms with van der Waals surface area (Å²) in [4.78, 5) is 0. The average Bonchev–Trinajstić information content (AvgIpc) is 2.03. The van der Waals surface area contributed by atoms with E-state index in [0.717, 1.165) is 0 Å². The standard InChI is InChI=1S/C6H10N3O2P/c1-5(3-7)10-12(9)11-6(2)4-8/h5-6H,9H2,1-2H3/t5-,6-/m0/s1. The number of hydrogen-bond acceptors (Lipinski definition) is 5. The number of nitriles is 2. The Labute approximate surface area is 72.6 Å². The fourth-order valence-electron chi connectivity index (χ4n) is 0.384. The molecule has 0 fully saturated rings. The molecular formula is C6H10N3O2P. The monoisotopic (exact) mass is 187 g/mol. The Morgan fingerprint density at radius 3 is 1.75 bits per heavy atom. The molecule has 2 N–H and O–H groups in total. The third-order valence-corrected chi connectivity index (χ3v) is 1.94. The van der Waals surface area contributed by atoms with Crippen molar-refractivity contribution in [3.63, 3.8) is 0 Å². The van der Waals surface area contributed by atoms with Crippen molar-refractivity contribution in [3.8, 4) is 12.1 Å². The zero-order valence-corrected chi connectivity index (χ0v) is 7.78. The van der Waals surface area contributed by atoms with Crippen molar-refractivity contribution in [1.82, 2.24) is 0 Å². The van der Waals surface area contributed by atoms with E-state index >= 15 is 0 Å². The minimum Gasteiger partial charge on any atom is -0.304 e. The lowest BCUT2D eigenvalue weighted by Gasteiger charge is -2.13. The second kappa shape index (κ2) is 5.88. The summed E-state index contributed by atoms with van der Waals surface area (Å²) in [5, 5.41) is 16.7. The Morgan fingerprint density at radius 2 is 1.50 bits per heavy atom. The molecule has 66 valence electrons. The fraction of sp³-hybridized carbons (Fsp3) is 0.667. The van der Waals surface area contributed by atoms with E-state index in [2.05, 4.69) is 0 Å². The summed E-state index contributed by atoms with van der Waals surface area (Å²) in [6, 6.07) is 3.68. The van der Waals surface area contributed by atoms with Crippen LogP contribution in [-0.4, -0.2) is 12.2 Å². The van der Waals surface area contributed by atoms with Gasteiger partial charge in [0.1, 0.15) is 12.2 Å². The van der Waals surface area contributed by atoms with E-state index in [0.29, 0.717) is 0 Å². The molecule has 0 heterocycles. The second-order valence-electron chi connectivity index (χ2n) is 2.04. The van der Waals surface area contributed by atoms with E-state index in [-0.39, 0.29) is 0 Å². The summed E-state index contributed by atoms with van der Waals surface area (Å²) in [7, 11) is -1.62. The average molecular weight is 187 g/mol. The van der Waals surface area contributed by atoms with Gasteiger partial charge in [-0.15, -0.1) is 0 Å². The van der Waals surface area contributed by atoms with Crippen LogP contribution in [0.4, 0.5) is 0 Å². The third-order valence-electron chi connectivity index (χ3n) is 0.888. The van der Waals surface area contributed by atoms with Gasteiger partial charge in [-0.2, -0.15) is 10.5 Å². The molecule has 0 amide bonds. The van der Waals surface area contributed by atoms with Crippen molar-refractivity contribution in [2.75, 3.05) is 0 Å².